The molecule has 2 aliphatic rings. The Morgan fingerprint density at radius 2 is 2.00 bits per heavy atom. The van der Waals surface area contributed by atoms with Gasteiger partial charge < -0.3 is 5.11 Å². The van der Waals surface area contributed by atoms with Crippen molar-refractivity contribution in [2.24, 2.45) is 5.41 Å². The maximum Gasteiger partial charge on any atom is 0.335 e. The number of hydrogen-bond acceptors (Lipinski definition) is 3. The molecule has 118 valence electrons. The highest BCUT2D eigenvalue weighted by Gasteiger charge is 2.46. The van der Waals surface area contributed by atoms with E-state index in [2.05, 4.69) is 6.08 Å². The molecule has 1 aliphatic carbocycles. The van der Waals surface area contributed by atoms with Crippen LogP contribution in [0, 0.1) is 12.3 Å². The van der Waals surface area contributed by atoms with Crippen LogP contribution in [0.2, 0.25) is 0 Å². The molecule has 1 N–H and O–H groups in total. The maximum absolute atomic E-state index is 13.0. The quantitative estimate of drug-likeness (QED) is 0.868. The van der Waals surface area contributed by atoms with E-state index in [1.165, 1.54) is 22.5 Å². The van der Waals surface area contributed by atoms with Crippen LogP contribution in [0.5, 0.6) is 0 Å². The Bertz CT molecular complexity index is 747. The first-order valence-corrected chi connectivity index (χ1v) is 8.78. The number of benzene rings is 1. The minimum absolute atomic E-state index is 0.0348. The van der Waals surface area contributed by atoms with Gasteiger partial charge in [-0.1, -0.05) is 18.2 Å². The smallest absolute Gasteiger partial charge is 0.335 e. The highest BCUT2D eigenvalue weighted by atomic mass is 32.2. The van der Waals surface area contributed by atoms with Crippen LogP contribution >= 0.6 is 0 Å². The molecule has 1 aromatic rings. The number of aromatic carboxylic acids is 1. The Hall–Kier alpha value is -1.66. The first-order valence-electron chi connectivity index (χ1n) is 7.34. The summed E-state index contributed by atoms with van der Waals surface area (Å²) in [6.45, 7) is 2.41. The van der Waals surface area contributed by atoms with Crippen molar-refractivity contribution >= 4 is 16.0 Å². The molecule has 22 heavy (non-hydrogen) atoms. The third kappa shape index (κ3) is 2.57. The highest BCUT2D eigenvalue weighted by molar-refractivity contribution is 7.89. The summed E-state index contributed by atoms with van der Waals surface area (Å²) in [5.74, 6) is -1.11. The van der Waals surface area contributed by atoms with E-state index in [1.807, 2.05) is 6.08 Å². The summed E-state index contributed by atoms with van der Waals surface area (Å²) in [7, 11) is -3.68. The third-order valence-electron chi connectivity index (χ3n) is 4.63. The van der Waals surface area contributed by atoms with Crippen molar-refractivity contribution in [3.05, 3.63) is 41.5 Å². The summed E-state index contributed by atoms with van der Waals surface area (Å²) in [5, 5.41) is 9.18. The predicted octanol–water partition coefficient (Wildman–Crippen LogP) is 2.42. The zero-order valence-corrected chi connectivity index (χ0v) is 13.3. The number of carboxylic acid groups (broad SMARTS) is 1. The van der Waals surface area contributed by atoms with Crippen molar-refractivity contribution in [1.29, 1.82) is 0 Å². The Morgan fingerprint density at radius 3 is 2.64 bits per heavy atom. The van der Waals surface area contributed by atoms with Gasteiger partial charge in [-0.2, -0.15) is 4.31 Å². The normalized spacial score (nSPS) is 20.8. The Labute approximate surface area is 130 Å². The molecule has 1 spiro atoms. The van der Waals surface area contributed by atoms with Crippen molar-refractivity contribution in [3.8, 4) is 0 Å². The summed E-state index contributed by atoms with van der Waals surface area (Å²) in [6.07, 6.45) is 6.98. The summed E-state index contributed by atoms with van der Waals surface area (Å²) in [4.78, 5) is 11.3. The van der Waals surface area contributed by atoms with Crippen LogP contribution in [-0.2, 0) is 10.0 Å². The van der Waals surface area contributed by atoms with Gasteiger partial charge in [0.1, 0.15) is 0 Å². The standard InChI is InChI=1S/C16H19NO4S/c1-12-13(15(18)19)5-4-6-14(12)22(20,21)17-10-3-2-7-16(11-17)8-9-16/h2-6H,7-11H2,1H3,(H,18,19). The molecule has 1 saturated carbocycles. The average molecular weight is 321 g/mol. The second kappa shape index (κ2) is 5.21. The molecule has 1 heterocycles. The monoisotopic (exact) mass is 321 g/mol. The Kier molecular flexibility index (Phi) is 3.61. The van der Waals surface area contributed by atoms with Crippen LogP contribution in [0.3, 0.4) is 0 Å². The van der Waals surface area contributed by atoms with Crippen molar-refractivity contribution in [1.82, 2.24) is 4.31 Å². The van der Waals surface area contributed by atoms with E-state index in [0.717, 1.165) is 19.3 Å². The Morgan fingerprint density at radius 1 is 1.27 bits per heavy atom. The summed E-state index contributed by atoms with van der Waals surface area (Å²) >= 11 is 0. The highest BCUT2D eigenvalue weighted by Crippen LogP contribution is 2.51. The molecule has 6 heteroatoms. The van der Waals surface area contributed by atoms with Gasteiger partial charge in [0.15, 0.2) is 0 Å². The molecule has 0 unspecified atom stereocenters. The van der Waals surface area contributed by atoms with Crippen LogP contribution in [0.15, 0.2) is 35.2 Å². The summed E-state index contributed by atoms with van der Waals surface area (Å²) in [6, 6.07) is 4.41. The number of carboxylic acids is 1. The number of allylic oxidation sites excluding steroid dienone is 1. The fourth-order valence-corrected chi connectivity index (χ4v) is 4.77. The van der Waals surface area contributed by atoms with E-state index < -0.39 is 16.0 Å². The fourth-order valence-electron chi connectivity index (χ4n) is 3.02. The van der Waals surface area contributed by atoms with Gasteiger partial charge in [-0.05, 0) is 49.3 Å². The molecule has 3 rings (SSSR count). The summed E-state index contributed by atoms with van der Waals surface area (Å²) < 4.78 is 27.4. The zero-order chi connectivity index (χ0) is 16.0. The molecule has 0 aromatic heterocycles. The number of carbonyl (C=O) groups is 1. The van der Waals surface area contributed by atoms with Gasteiger partial charge in [0.25, 0.3) is 0 Å². The van der Waals surface area contributed by atoms with Crippen LogP contribution in [0.4, 0.5) is 0 Å². The number of rotatable bonds is 3. The minimum atomic E-state index is -3.68. The number of sulfonamides is 1. The Balaban J connectivity index is 2.01. The van der Waals surface area contributed by atoms with E-state index in [-0.39, 0.29) is 15.9 Å². The van der Waals surface area contributed by atoms with Gasteiger partial charge in [0.05, 0.1) is 10.5 Å². The molecule has 0 radical (unpaired) electrons. The van der Waals surface area contributed by atoms with Gasteiger partial charge in [-0.3, -0.25) is 0 Å². The molecule has 0 amide bonds. The molecular formula is C16H19NO4S. The molecule has 0 saturated heterocycles. The number of nitrogens with zero attached hydrogens (tertiary/aromatic N) is 1. The first-order chi connectivity index (χ1) is 10.4. The molecule has 1 aromatic carbocycles. The van der Waals surface area contributed by atoms with Crippen molar-refractivity contribution < 1.29 is 18.3 Å². The second-order valence-electron chi connectivity index (χ2n) is 6.21. The van der Waals surface area contributed by atoms with E-state index in [0.29, 0.717) is 18.7 Å². The maximum atomic E-state index is 13.0. The van der Waals surface area contributed by atoms with E-state index in [1.54, 1.807) is 6.92 Å². The van der Waals surface area contributed by atoms with Gasteiger partial charge in [-0.15, -0.1) is 0 Å². The van der Waals surface area contributed by atoms with Crippen LogP contribution < -0.4 is 0 Å². The van der Waals surface area contributed by atoms with Gasteiger partial charge in [0, 0.05) is 13.1 Å². The van der Waals surface area contributed by atoms with Gasteiger partial charge in [0.2, 0.25) is 10.0 Å². The SMILES string of the molecule is Cc1c(C(=O)O)cccc1S(=O)(=O)N1CC=CCC2(CC2)C1. The molecule has 0 bridgehead atoms. The van der Waals surface area contributed by atoms with E-state index in [4.69, 9.17) is 0 Å². The van der Waals surface area contributed by atoms with Crippen molar-refractivity contribution in [2.75, 3.05) is 13.1 Å². The topological polar surface area (TPSA) is 74.7 Å². The lowest BCUT2D eigenvalue weighted by atomic mass is 10.0. The second-order valence-corrected chi connectivity index (χ2v) is 8.11. The fraction of sp³-hybridized carbons (Fsp3) is 0.438. The van der Waals surface area contributed by atoms with Crippen LogP contribution in [0.25, 0.3) is 0 Å². The van der Waals surface area contributed by atoms with E-state index >= 15 is 0 Å². The lowest BCUT2D eigenvalue weighted by Crippen LogP contribution is -2.35. The molecule has 5 nitrogen and oxygen atoms in total. The van der Waals surface area contributed by atoms with Gasteiger partial charge >= 0.3 is 5.97 Å². The molecule has 1 fully saturated rings. The minimum Gasteiger partial charge on any atom is -0.478 e. The lowest BCUT2D eigenvalue weighted by Gasteiger charge is -2.24. The van der Waals surface area contributed by atoms with Crippen LogP contribution in [-0.4, -0.2) is 36.9 Å². The van der Waals surface area contributed by atoms with Crippen molar-refractivity contribution in [2.45, 2.75) is 31.1 Å². The molecule has 1 aliphatic heterocycles. The van der Waals surface area contributed by atoms with Gasteiger partial charge in [-0.25, -0.2) is 13.2 Å². The number of hydrogen-bond donors (Lipinski definition) is 1. The van der Waals surface area contributed by atoms with E-state index in [9.17, 15) is 18.3 Å². The zero-order valence-electron chi connectivity index (χ0n) is 12.4. The summed E-state index contributed by atoms with van der Waals surface area (Å²) in [5.41, 5.74) is 0.430. The van der Waals surface area contributed by atoms with Crippen LogP contribution in [0.1, 0.15) is 35.2 Å². The third-order valence-corrected chi connectivity index (χ3v) is 6.58. The van der Waals surface area contributed by atoms with Crippen molar-refractivity contribution in [3.63, 3.8) is 0 Å². The molecule has 0 atom stereocenters. The predicted molar refractivity (Wildman–Crippen MR) is 82.3 cm³/mol. The average Bonchev–Trinajstić information content (AvgIpc) is 3.25. The largest absolute Gasteiger partial charge is 0.478 e. The first kappa shape index (κ1) is 15.2. The lowest BCUT2D eigenvalue weighted by molar-refractivity contribution is 0.0696. The molecular weight excluding hydrogens is 302 g/mol.